The second-order valence-corrected chi connectivity index (χ2v) is 5.67. The van der Waals surface area contributed by atoms with E-state index in [9.17, 15) is 9.18 Å². The van der Waals surface area contributed by atoms with Gasteiger partial charge in [-0.25, -0.2) is 4.39 Å². The minimum atomic E-state index is -0.867. The summed E-state index contributed by atoms with van der Waals surface area (Å²) in [6.45, 7) is 1.97. The molecule has 0 unspecified atom stereocenters. The van der Waals surface area contributed by atoms with E-state index in [2.05, 4.69) is 15.9 Å². The highest BCUT2D eigenvalue weighted by Gasteiger charge is 2.47. The maximum absolute atomic E-state index is 13.1. The Bertz CT molecular complexity index is 453. The molecule has 0 atom stereocenters. The van der Waals surface area contributed by atoms with Gasteiger partial charge in [-0.3, -0.25) is 4.79 Å². The molecule has 0 radical (unpaired) electrons. The van der Waals surface area contributed by atoms with Gasteiger partial charge in [0.15, 0.2) is 0 Å². The van der Waals surface area contributed by atoms with Crippen LogP contribution in [0, 0.1) is 6.92 Å². The van der Waals surface area contributed by atoms with E-state index in [1.807, 2.05) is 25.1 Å². The van der Waals surface area contributed by atoms with Gasteiger partial charge < -0.3 is 5.11 Å². The molecule has 92 valence electrons. The van der Waals surface area contributed by atoms with Crippen LogP contribution in [0.3, 0.4) is 0 Å². The van der Waals surface area contributed by atoms with Crippen molar-refractivity contribution in [3.05, 3.63) is 33.8 Å². The molecule has 0 saturated heterocycles. The molecule has 4 heteroatoms. The second kappa shape index (κ2) is 4.41. The summed E-state index contributed by atoms with van der Waals surface area (Å²) >= 11 is 3.43. The SMILES string of the molecule is Cc1ccc(C2(CC(=O)O)CC(F)C2)cc1Br. The maximum Gasteiger partial charge on any atom is 0.304 e. The number of carboxylic acid groups (broad SMARTS) is 1. The van der Waals surface area contributed by atoms with Crippen LogP contribution in [0.1, 0.15) is 30.4 Å². The minimum absolute atomic E-state index is 0.00290. The summed E-state index contributed by atoms with van der Waals surface area (Å²) in [6.07, 6.45) is -0.235. The van der Waals surface area contributed by atoms with Crippen LogP contribution in [-0.2, 0) is 10.2 Å². The summed E-state index contributed by atoms with van der Waals surface area (Å²) in [6, 6.07) is 5.77. The number of hydrogen-bond donors (Lipinski definition) is 1. The first-order valence-corrected chi connectivity index (χ1v) is 6.35. The second-order valence-electron chi connectivity index (χ2n) is 4.82. The lowest BCUT2D eigenvalue weighted by atomic mass is 9.61. The number of halogens is 2. The number of carboxylic acids is 1. The van der Waals surface area contributed by atoms with Gasteiger partial charge in [0.25, 0.3) is 0 Å². The molecule has 0 heterocycles. The summed E-state index contributed by atoms with van der Waals surface area (Å²) in [5, 5.41) is 8.95. The molecule has 1 aromatic carbocycles. The number of rotatable bonds is 3. The Balaban J connectivity index is 2.33. The van der Waals surface area contributed by atoms with Crippen molar-refractivity contribution >= 4 is 21.9 Å². The van der Waals surface area contributed by atoms with Crippen LogP contribution in [0.25, 0.3) is 0 Å². The predicted octanol–water partition coefficient (Wildman–Crippen LogP) is 3.60. The van der Waals surface area contributed by atoms with Gasteiger partial charge in [-0.05, 0) is 37.0 Å². The van der Waals surface area contributed by atoms with Gasteiger partial charge in [0.05, 0.1) is 6.42 Å². The average Bonchev–Trinajstić information content (AvgIpc) is 2.18. The standard InChI is InChI=1S/C13H14BrFO2/c1-8-2-3-9(4-11(8)14)13(7-12(16)17)5-10(15)6-13/h2-4,10H,5-7H2,1H3,(H,16,17). The topological polar surface area (TPSA) is 37.3 Å². The van der Waals surface area contributed by atoms with Gasteiger partial charge >= 0.3 is 5.97 Å². The first-order valence-electron chi connectivity index (χ1n) is 5.55. The van der Waals surface area contributed by atoms with E-state index in [4.69, 9.17) is 5.11 Å². The molecule has 1 aliphatic carbocycles. The van der Waals surface area contributed by atoms with Gasteiger partial charge in [-0.15, -0.1) is 0 Å². The Morgan fingerprint density at radius 1 is 1.59 bits per heavy atom. The smallest absolute Gasteiger partial charge is 0.304 e. The number of carbonyl (C=O) groups is 1. The van der Waals surface area contributed by atoms with Gasteiger partial charge in [0, 0.05) is 9.89 Å². The van der Waals surface area contributed by atoms with Crippen LogP contribution in [0.4, 0.5) is 4.39 Å². The molecule has 0 spiro atoms. The summed E-state index contributed by atoms with van der Waals surface area (Å²) in [5.41, 5.74) is 1.50. The van der Waals surface area contributed by atoms with E-state index in [0.29, 0.717) is 12.8 Å². The van der Waals surface area contributed by atoms with Crippen molar-refractivity contribution in [2.45, 2.75) is 37.8 Å². The molecule has 0 amide bonds. The summed E-state index contributed by atoms with van der Waals surface area (Å²) in [5.74, 6) is -0.867. The van der Waals surface area contributed by atoms with Crippen molar-refractivity contribution in [3.63, 3.8) is 0 Å². The average molecular weight is 301 g/mol. The summed E-state index contributed by atoms with van der Waals surface area (Å²) in [4.78, 5) is 10.9. The first kappa shape index (κ1) is 12.6. The zero-order valence-corrected chi connectivity index (χ0v) is 11.1. The van der Waals surface area contributed by atoms with Crippen molar-refractivity contribution in [1.82, 2.24) is 0 Å². The highest BCUT2D eigenvalue weighted by Crippen LogP contribution is 2.48. The van der Waals surface area contributed by atoms with Crippen LogP contribution in [0.15, 0.2) is 22.7 Å². The highest BCUT2D eigenvalue weighted by molar-refractivity contribution is 9.10. The van der Waals surface area contributed by atoms with Crippen molar-refractivity contribution in [2.75, 3.05) is 0 Å². The van der Waals surface area contributed by atoms with Gasteiger partial charge in [0.1, 0.15) is 6.17 Å². The molecule has 0 aromatic heterocycles. The van der Waals surface area contributed by atoms with E-state index in [1.54, 1.807) is 0 Å². The zero-order chi connectivity index (χ0) is 12.6. The van der Waals surface area contributed by atoms with Gasteiger partial charge in [0.2, 0.25) is 0 Å². The zero-order valence-electron chi connectivity index (χ0n) is 9.54. The third-order valence-corrected chi connectivity index (χ3v) is 4.35. The van der Waals surface area contributed by atoms with Crippen LogP contribution >= 0.6 is 15.9 Å². The van der Waals surface area contributed by atoms with Gasteiger partial charge in [-0.2, -0.15) is 0 Å². The molecule has 2 nitrogen and oxygen atoms in total. The number of aliphatic carboxylic acids is 1. The van der Waals surface area contributed by atoms with Crippen molar-refractivity contribution in [2.24, 2.45) is 0 Å². The van der Waals surface area contributed by atoms with Crippen LogP contribution in [0.2, 0.25) is 0 Å². The highest BCUT2D eigenvalue weighted by atomic mass is 79.9. The quantitative estimate of drug-likeness (QED) is 0.926. The normalized spacial score (nSPS) is 27.6. The molecule has 1 N–H and O–H groups in total. The van der Waals surface area contributed by atoms with Gasteiger partial charge in [-0.1, -0.05) is 28.1 Å². The Kier molecular flexibility index (Phi) is 3.25. The number of benzene rings is 1. The lowest BCUT2D eigenvalue weighted by Gasteiger charge is -2.44. The van der Waals surface area contributed by atoms with E-state index >= 15 is 0 Å². The minimum Gasteiger partial charge on any atom is -0.481 e. The Labute approximate surface area is 108 Å². The van der Waals surface area contributed by atoms with Crippen LogP contribution < -0.4 is 0 Å². The maximum atomic E-state index is 13.1. The molecule has 1 aromatic rings. The molecular formula is C13H14BrFO2. The fraction of sp³-hybridized carbons (Fsp3) is 0.462. The summed E-state index contributed by atoms with van der Waals surface area (Å²) < 4.78 is 14.1. The first-order chi connectivity index (χ1) is 7.93. The van der Waals surface area contributed by atoms with Crippen LogP contribution in [-0.4, -0.2) is 17.2 Å². The lowest BCUT2D eigenvalue weighted by molar-refractivity contribution is -0.140. The largest absolute Gasteiger partial charge is 0.481 e. The van der Waals surface area contributed by atoms with E-state index in [0.717, 1.165) is 15.6 Å². The monoisotopic (exact) mass is 300 g/mol. The molecule has 0 aliphatic heterocycles. The van der Waals surface area contributed by atoms with Crippen LogP contribution in [0.5, 0.6) is 0 Å². The fourth-order valence-electron chi connectivity index (χ4n) is 2.48. The molecule has 2 rings (SSSR count). The number of hydrogen-bond acceptors (Lipinski definition) is 1. The molecule has 17 heavy (non-hydrogen) atoms. The predicted molar refractivity (Wildman–Crippen MR) is 66.9 cm³/mol. The van der Waals surface area contributed by atoms with E-state index < -0.39 is 17.6 Å². The van der Waals surface area contributed by atoms with Crippen molar-refractivity contribution in [1.29, 1.82) is 0 Å². The van der Waals surface area contributed by atoms with E-state index in [1.165, 1.54) is 0 Å². The van der Waals surface area contributed by atoms with E-state index in [-0.39, 0.29) is 6.42 Å². The molecule has 1 aliphatic rings. The Hall–Kier alpha value is -0.900. The third-order valence-electron chi connectivity index (χ3n) is 3.50. The van der Waals surface area contributed by atoms with Crippen molar-refractivity contribution < 1.29 is 14.3 Å². The molecule has 0 bridgehead atoms. The lowest BCUT2D eigenvalue weighted by Crippen LogP contribution is -2.44. The van der Waals surface area contributed by atoms with Crippen molar-refractivity contribution in [3.8, 4) is 0 Å². The molecule has 1 fully saturated rings. The third kappa shape index (κ3) is 2.37. The Morgan fingerprint density at radius 3 is 2.71 bits per heavy atom. The fourth-order valence-corrected chi connectivity index (χ4v) is 2.86. The molecular weight excluding hydrogens is 287 g/mol. The molecule has 1 saturated carbocycles. The number of aryl methyl sites for hydroxylation is 1. The Morgan fingerprint density at radius 2 is 2.24 bits per heavy atom. The number of alkyl halides is 1. The summed E-state index contributed by atoms with van der Waals surface area (Å²) in [7, 11) is 0.